The Hall–Kier alpha value is -0.820. The molecule has 18 heavy (non-hydrogen) atoms. The third-order valence-corrected chi connectivity index (χ3v) is 3.54. The number of amides is 1. The number of carbonyl (C=O) groups excluding carboxylic acids is 1. The van der Waals surface area contributed by atoms with E-state index in [9.17, 15) is 23.1 Å². The van der Waals surface area contributed by atoms with Gasteiger partial charge in [0.15, 0.2) is 5.54 Å². The molecule has 0 aromatic rings. The van der Waals surface area contributed by atoms with Crippen LogP contribution in [0.4, 0.5) is 13.2 Å². The Labute approximate surface area is 104 Å². The van der Waals surface area contributed by atoms with E-state index in [0.717, 1.165) is 17.7 Å². The zero-order valence-electron chi connectivity index (χ0n) is 10.5. The Morgan fingerprint density at radius 3 is 2.28 bits per heavy atom. The molecule has 4 nitrogen and oxygen atoms in total. The maximum Gasteiger partial charge on any atom is 0.415 e. The van der Waals surface area contributed by atoms with Crippen LogP contribution in [0.25, 0.3) is 0 Å². The molecule has 1 aliphatic rings. The highest BCUT2D eigenvalue weighted by molar-refractivity contribution is 5.86. The van der Waals surface area contributed by atoms with Crippen LogP contribution < -0.4 is 5.73 Å². The van der Waals surface area contributed by atoms with Gasteiger partial charge in [-0.25, -0.2) is 0 Å². The summed E-state index contributed by atoms with van der Waals surface area (Å²) in [5, 5.41) is 9.74. The first kappa shape index (κ1) is 15.2. The summed E-state index contributed by atoms with van der Waals surface area (Å²) in [6, 6.07) is -0.587. The van der Waals surface area contributed by atoms with E-state index in [2.05, 4.69) is 0 Å². The number of carbonyl (C=O) groups is 1. The fraction of sp³-hybridized carbons (Fsp3) is 0.909. The zero-order chi connectivity index (χ0) is 14.1. The number of nitrogens with zero attached hydrogens (tertiary/aromatic N) is 1. The number of rotatable bonds is 2. The molecule has 0 radical (unpaired) electrons. The molecule has 1 fully saturated rings. The standard InChI is InChI=1S/C11H19F3N2O2/c1-10(15,11(12,13)14)9(18)16(2)7-5-3-4-6-8(7)17/h7-8,17H,3-6,15H2,1-2H3. The van der Waals surface area contributed by atoms with Crippen LogP contribution in [0, 0.1) is 0 Å². The molecule has 7 heteroatoms. The van der Waals surface area contributed by atoms with Crippen molar-refractivity contribution in [1.82, 2.24) is 4.90 Å². The first-order valence-corrected chi connectivity index (χ1v) is 5.90. The highest BCUT2D eigenvalue weighted by Crippen LogP contribution is 2.31. The normalized spacial score (nSPS) is 28.6. The van der Waals surface area contributed by atoms with Gasteiger partial charge in [-0.05, 0) is 19.8 Å². The van der Waals surface area contributed by atoms with Crippen molar-refractivity contribution in [2.24, 2.45) is 5.73 Å². The van der Waals surface area contributed by atoms with E-state index in [-0.39, 0.29) is 0 Å². The van der Waals surface area contributed by atoms with Crippen molar-refractivity contribution in [3.8, 4) is 0 Å². The third kappa shape index (κ3) is 2.77. The number of hydrogen-bond acceptors (Lipinski definition) is 3. The molecule has 3 unspecified atom stereocenters. The first-order valence-electron chi connectivity index (χ1n) is 5.90. The molecule has 1 saturated carbocycles. The van der Waals surface area contributed by atoms with E-state index in [1.54, 1.807) is 0 Å². The smallest absolute Gasteiger partial charge is 0.391 e. The van der Waals surface area contributed by atoms with E-state index in [1.807, 2.05) is 0 Å². The summed E-state index contributed by atoms with van der Waals surface area (Å²) >= 11 is 0. The number of aliphatic hydroxyl groups excluding tert-OH is 1. The van der Waals surface area contributed by atoms with Gasteiger partial charge in [0.2, 0.25) is 0 Å². The molecule has 1 aliphatic carbocycles. The van der Waals surface area contributed by atoms with Crippen LogP contribution in [-0.2, 0) is 4.79 Å². The Balaban J connectivity index is 2.83. The lowest BCUT2D eigenvalue weighted by atomic mass is 9.90. The second kappa shape index (κ2) is 5.05. The summed E-state index contributed by atoms with van der Waals surface area (Å²) in [6.45, 7) is 0.654. The second-order valence-corrected chi connectivity index (χ2v) is 5.04. The molecule has 1 amide bonds. The van der Waals surface area contributed by atoms with Gasteiger partial charge < -0.3 is 15.7 Å². The van der Waals surface area contributed by atoms with E-state index < -0.39 is 29.8 Å². The lowest BCUT2D eigenvalue weighted by Crippen LogP contribution is -2.64. The highest BCUT2D eigenvalue weighted by atomic mass is 19.4. The average molecular weight is 268 g/mol. The molecule has 0 aromatic heterocycles. The number of halogens is 3. The molecule has 106 valence electrons. The Morgan fingerprint density at radius 2 is 1.83 bits per heavy atom. The summed E-state index contributed by atoms with van der Waals surface area (Å²) in [6.07, 6.45) is -2.99. The lowest BCUT2D eigenvalue weighted by molar-refractivity contribution is -0.195. The van der Waals surface area contributed by atoms with Crippen LogP contribution in [-0.4, -0.2) is 46.8 Å². The van der Waals surface area contributed by atoms with E-state index in [1.165, 1.54) is 7.05 Å². The summed E-state index contributed by atoms with van der Waals surface area (Å²) in [4.78, 5) is 12.8. The van der Waals surface area contributed by atoms with Gasteiger partial charge in [-0.15, -0.1) is 0 Å². The minimum absolute atomic E-state index is 0.496. The molecule has 0 spiro atoms. The van der Waals surface area contributed by atoms with Crippen molar-refractivity contribution in [2.75, 3.05) is 7.05 Å². The van der Waals surface area contributed by atoms with Crippen molar-refractivity contribution in [1.29, 1.82) is 0 Å². The van der Waals surface area contributed by atoms with Crippen LogP contribution in [0.15, 0.2) is 0 Å². The van der Waals surface area contributed by atoms with Crippen LogP contribution in [0.2, 0.25) is 0 Å². The van der Waals surface area contributed by atoms with E-state index >= 15 is 0 Å². The van der Waals surface area contributed by atoms with Crippen molar-refractivity contribution in [3.63, 3.8) is 0 Å². The van der Waals surface area contributed by atoms with Crippen LogP contribution in [0.5, 0.6) is 0 Å². The quantitative estimate of drug-likeness (QED) is 0.786. The Bertz CT molecular complexity index is 318. The largest absolute Gasteiger partial charge is 0.415 e. The van der Waals surface area contributed by atoms with Crippen molar-refractivity contribution < 1.29 is 23.1 Å². The minimum atomic E-state index is -4.81. The predicted octanol–water partition coefficient (Wildman–Crippen LogP) is 1.03. The Kier molecular flexibility index (Phi) is 4.27. The molecular weight excluding hydrogens is 249 g/mol. The summed E-state index contributed by atoms with van der Waals surface area (Å²) in [7, 11) is 1.26. The summed E-state index contributed by atoms with van der Waals surface area (Å²) < 4.78 is 38.0. The third-order valence-electron chi connectivity index (χ3n) is 3.54. The predicted molar refractivity (Wildman–Crippen MR) is 59.7 cm³/mol. The zero-order valence-corrected chi connectivity index (χ0v) is 10.5. The first-order chi connectivity index (χ1) is 8.09. The molecule has 0 aliphatic heterocycles. The van der Waals surface area contributed by atoms with Gasteiger partial charge in [0.25, 0.3) is 5.91 Å². The molecule has 3 atom stereocenters. The summed E-state index contributed by atoms with van der Waals surface area (Å²) in [5.74, 6) is -1.21. The second-order valence-electron chi connectivity index (χ2n) is 5.04. The number of likely N-dealkylation sites (N-methyl/N-ethyl adjacent to an activating group) is 1. The van der Waals surface area contributed by atoms with Gasteiger partial charge in [-0.1, -0.05) is 12.8 Å². The average Bonchev–Trinajstić information content (AvgIpc) is 2.26. The van der Waals surface area contributed by atoms with Crippen molar-refractivity contribution >= 4 is 5.91 Å². The number of alkyl halides is 3. The SMILES string of the molecule is CN(C(=O)C(C)(N)C(F)(F)F)C1CCCCC1O. The highest BCUT2D eigenvalue weighted by Gasteiger charge is 2.55. The number of aliphatic hydroxyl groups is 1. The number of nitrogens with two attached hydrogens (primary N) is 1. The topological polar surface area (TPSA) is 66.6 Å². The monoisotopic (exact) mass is 268 g/mol. The van der Waals surface area contributed by atoms with Gasteiger partial charge in [-0.3, -0.25) is 4.79 Å². The number of hydrogen-bond donors (Lipinski definition) is 2. The molecule has 0 bridgehead atoms. The van der Waals surface area contributed by atoms with E-state index in [0.29, 0.717) is 19.8 Å². The van der Waals surface area contributed by atoms with Crippen LogP contribution in [0.3, 0.4) is 0 Å². The van der Waals surface area contributed by atoms with Gasteiger partial charge >= 0.3 is 6.18 Å². The molecule has 0 aromatic carbocycles. The van der Waals surface area contributed by atoms with Crippen molar-refractivity contribution in [2.45, 2.75) is 56.5 Å². The minimum Gasteiger partial charge on any atom is -0.391 e. The van der Waals surface area contributed by atoms with Gasteiger partial charge in [0.1, 0.15) is 0 Å². The lowest BCUT2D eigenvalue weighted by Gasteiger charge is -2.39. The fourth-order valence-electron chi connectivity index (χ4n) is 2.18. The maximum atomic E-state index is 12.7. The maximum absolute atomic E-state index is 12.7. The van der Waals surface area contributed by atoms with Gasteiger partial charge in [0, 0.05) is 7.05 Å². The molecule has 0 saturated heterocycles. The van der Waals surface area contributed by atoms with Crippen LogP contribution in [0.1, 0.15) is 32.6 Å². The fourth-order valence-corrected chi connectivity index (χ4v) is 2.18. The van der Waals surface area contributed by atoms with Gasteiger partial charge in [-0.2, -0.15) is 13.2 Å². The molecule has 1 rings (SSSR count). The molecule has 0 heterocycles. The van der Waals surface area contributed by atoms with Crippen molar-refractivity contribution in [3.05, 3.63) is 0 Å². The van der Waals surface area contributed by atoms with Crippen LogP contribution >= 0.6 is 0 Å². The Morgan fingerprint density at radius 1 is 1.33 bits per heavy atom. The van der Waals surface area contributed by atoms with E-state index in [4.69, 9.17) is 5.73 Å². The molecular formula is C11H19F3N2O2. The molecule has 3 N–H and O–H groups in total. The summed E-state index contributed by atoms with van der Waals surface area (Å²) in [5.41, 5.74) is 2.17. The van der Waals surface area contributed by atoms with Gasteiger partial charge in [0.05, 0.1) is 12.1 Å².